The minimum Gasteiger partial charge on any atom is -0.340 e. The van der Waals surface area contributed by atoms with Crippen LogP contribution in [0.3, 0.4) is 0 Å². The van der Waals surface area contributed by atoms with Gasteiger partial charge in [0.15, 0.2) is 0 Å². The van der Waals surface area contributed by atoms with Gasteiger partial charge in [-0.2, -0.15) is 0 Å². The Morgan fingerprint density at radius 2 is 1.07 bits per heavy atom. The van der Waals surface area contributed by atoms with Crippen LogP contribution < -0.4 is 0 Å². The van der Waals surface area contributed by atoms with Crippen LogP contribution in [0.2, 0.25) is 0 Å². The van der Waals surface area contributed by atoms with Gasteiger partial charge in [0.25, 0.3) is 0 Å². The molecule has 0 aliphatic heterocycles. The van der Waals surface area contributed by atoms with E-state index in [1.54, 1.807) is 4.91 Å². The van der Waals surface area contributed by atoms with Crippen molar-refractivity contribution in [2.45, 2.75) is 47.9 Å². The molecule has 334 valence electrons. The zero-order valence-electron chi connectivity index (χ0n) is 38.8. The zero-order valence-corrected chi connectivity index (χ0v) is 39.6. The van der Waals surface area contributed by atoms with Crippen LogP contribution in [0.5, 0.6) is 0 Å². The lowest BCUT2D eigenvalue weighted by atomic mass is 9.93. The van der Waals surface area contributed by atoms with Crippen molar-refractivity contribution in [3.63, 3.8) is 0 Å². The van der Waals surface area contributed by atoms with E-state index in [9.17, 15) is 0 Å². The number of allylic oxidation sites excluding steroid dienone is 11. The van der Waals surface area contributed by atoms with E-state index in [2.05, 4.69) is 258 Å². The van der Waals surface area contributed by atoms with Crippen LogP contribution in [0.4, 0.5) is 0 Å². The second-order valence-corrected chi connectivity index (χ2v) is 21.5. The average molecular weight is 907 g/mol. The highest BCUT2D eigenvalue weighted by Gasteiger charge is 2.37. The maximum atomic E-state index is 4.24. The molecule has 0 saturated heterocycles. The standard InChI is InChI=1S/C66H54N2S/c1-2-48(49-23-8-3-9-24-49)43-53(50-25-10-4-11-26-50)47-67-63-37-20-18-35-59(63)61-44-51(39-41-64(61)67)52-40-42-66-62(45-52)60-36-19-21-38-65(60)68(66)54-27-22-34-58(46-54)69(55-28-12-5-13-29-55,56-30-14-6-15-31-56)57-32-16-7-17-33-57/h2-16,18-21,23-32,35-46,53H,1,17,22,33-34,47H2/b48-43+. The quantitative estimate of drug-likeness (QED) is 0.108. The van der Waals surface area contributed by atoms with E-state index >= 15 is 0 Å². The van der Waals surface area contributed by atoms with E-state index in [-0.39, 0.29) is 5.92 Å². The summed E-state index contributed by atoms with van der Waals surface area (Å²) in [5.74, 6) is 0.124. The van der Waals surface area contributed by atoms with E-state index in [1.807, 2.05) is 6.08 Å². The van der Waals surface area contributed by atoms with Gasteiger partial charge in [0.05, 0.1) is 11.0 Å². The third-order valence-corrected chi connectivity index (χ3v) is 18.6. The van der Waals surface area contributed by atoms with E-state index < -0.39 is 10.0 Å². The Morgan fingerprint density at radius 1 is 0.536 bits per heavy atom. The normalized spacial score (nSPS) is 15.0. The van der Waals surface area contributed by atoms with Crippen molar-refractivity contribution in [1.29, 1.82) is 0 Å². The number of nitrogens with zero attached hydrogens (tertiary/aromatic N) is 2. The molecule has 1 unspecified atom stereocenters. The fraction of sp³-hybridized carbons (Fsp3) is 0.0909. The Morgan fingerprint density at radius 3 is 1.72 bits per heavy atom. The monoisotopic (exact) mass is 906 g/mol. The van der Waals surface area contributed by atoms with E-state index in [0.717, 1.165) is 37.8 Å². The summed E-state index contributed by atoms with van der Waals surface area (Å²) < 4.78 is 5.06. The predicted molar refractivity (Wildman–Crippen MR) is 297 cm³/mol. The molecule has 2 aliphatic rings. The molecule has 10 aromatic rings. The van der Waals surface area contributed by atoms with Gasteiger partial charge in [-0.25, -0.2) is 0 Å². The Kier molecular flexibility index (Phi) is 11.3. The van der Waals surface area contributed by atoms with Crippen LogP contribution in [0, 0.1) is 0 Å². The van der Waals surface area contributed by atoms with Crippen molar-refractivity contribution in [2.75, 3.05) is 0 Å². The Bertz CT molecular complexity index is 3650. The number of benzene rings is 8. The Balaban J connectivity index is 0.968. The first kappa shape index (κ1) is 42.5. The summed E-state index contributed by atoms with van der Waals surface area (Å²) in [7, 11) is -1.69. The van der Waals surface area contributed by atoms with Crippen LogP contribution in [0.15, 0.2) is 275 Å². The Hall–Kier alpha value is -7.85. The van der Waals surface area contributed by atoms with Crippen LogP contribution in [-0.4, -0.2) is 9.13 Å². The summed E-state index contributed by atoms with van der Waals surface area (Å²) in [6.45, 7) is 5.04. The molecule has 2 aromatic heterocycles. The molecule has 2 nitrogen and oxygen atoms in total. The van der Waals surface area contributed by atoms with E-state index in [0.29, 0.717) is 0 Å². The second-order valence-electron chi connectivity index (χ2n) is 18.3. The van der Waals surface area contributed by atoms with Gasteiger partial charge in [-0.3, -0.25) is 0 Å². The van der Waals surface area contributed by atoms with Gasteiger partial charge in [0, 0.05) is 60.5 Å². The summed E-state index contributed by atoms with van der Waals surface area (Å²) in [5, 5.41) is 5.08. The third kappa shape index (κ3) is 7.55. The van der Waals surface area contributed by atoms with Crippen molar-refractivity contribution < 1.29 is 0 Å². The highest BCUT2D eigenvalue weighted by Crippen LogP contribution is 2.75. The molecule has 0 spiro atoms. The molecule has 2 aliphatic carbocycles. The number of hydrogen-bond donors (Lipinski definition) is 0. The van der Waals surface area contributed by atoms with Crippen molar-refractivity contribution in [2.24, 2.45) is 0 Å². The molecule has 8 aromatic carbocycles. The molecule has 0 N–H and O–H groups in total. The highest BCUT2D eigenvalue weighted by atomic mass is 32.3. The number of para-hydroxylation sites is 2. The van der Waals surface area contributed by atoms with Crippen molar-refractivity contribution in [3.8, 4) is 11.1 Å². The summed E-state index contributed by atoms with van der Waals surface area (Å²) in [5.41, 5.74) is 12.2. The lowest BCUT2D eigenvalue weighted by Crippen LogP contribution is -2.12. The molecule has 1 atom stereocenters. The first-order valence-corrected chi connectivity index (χ1v) is 26.0. The first-order valence-electron chi connectivity index (χ1n) is 24.4. The lowest BCUT2D eigenvalue weighted by Gasteiger charge is -2.46. The molecule has 69 heavy (non-hydrogen) atoms. The van der Waals surface area contributed by atoms with Crippen LogP contribution in [-0.2, 0) is 6.54 Å². The molecule has 3 heteroatoms. The molecule has 12 rings (SSSR count). The number of hydrogen-bond acceptors (Lipinski definition) is 0. The van der Waals surface area contributed by atoms with Gasteiger partial charge < -0.3 is 9.13 Å². The average Bonchev–Trinajstić information content (AvgIpc) is 3.93. The van der Waals surface area contributed by atoms with Gasteiger partial charge >= 0.3 is 0 Å². The van der Waals surface area contributed by atoms with Gasteiger partial charge in [-0.1, -0.05) is 189 Å². The summed E-state index contributed by atoms with van der Waals surface area (Å²) in [4.78, 5) is 5.89. The molecular weight excluding hydrogens is 853 g/mol. The molecule has 0 fully saturated rings. The molecule has 0 saturated carbocycles. The smallest absolute Gasteiger partial charge is 0.0541 e. The molecule has 0 radical (unpaired) electrons. The highest BCUT2D eigenvalue weighted by molar-refractivity contribution is 8.39. The largest absolute Gasteiger partial charge is 0.340 e. The first-order chi connectivity index (χ1) is 34.2. The van der Waals surface area contributed by atoms with Gasteiger partial charge in [-0.15, -0.1) is 10.0 Å². The van der Waals surface area contributed by atoms with Gasteiger partial charge in [0.1, 0.15) is 0 Å². The SMILES string of the molecule is C=C/C(=C\C(Cn1c2ccccc2c2cc(-c3ccc4c(c3)c3ccccc3n4C3=CCCC(S(C4=CC=CCC4)(c4ccccc4)c4ccccc4)=C3)ccc21)c1ccccc1)c1ccccc1. The number of rotatable bonds is 12. The number of aromatic nitrogens is 2. The molecule has 2 heterocycles. The summed E-state index contributed by atoms with van der Waals surface area (Å²) in [6.07, 6.45) is 20.6. The molecule has 0 bridgehead atoms. The lowest BCUT2D eigenvalue weighted by molar-refractivity contribution is 0.676. The summed E-state index contributed by atoms with van der Waals surface area (Å²) in [6, 6.07) is 76.4. The minimum atomic E-state index is -1.69. The third-order valence-electron chi connectivity index (χ3n) is 14.4. The topological polar surface area (TPSA) is 9.86 Å². The second kappa shape index (κ2) is 18.3. The van der Waals surface area contributed by atoms with Crippen LogP contribution >= 0.6 is 10.0 Å². The van der Waals surface area contributed by atoms with Crippen molar-refractivity contribution >= 4 is 64.9 Å². The predicted octanol–water partition coefficient (Wildman–Crippen LogP) is 18.3. The van der Waals surface area contributed by atoms with Crippen molar-refractivity contribution in [1.82, 2.24) is 9.13 Å². The van der Waals surface area contributed by atoms with Gasteiger partial charge in [-0.05, 0) is 130 Å². The fourth-order valence-electron chi connectivity index (χ4n) is 11.2. The summed E-state index contributed by atoms with van der Waals surface area (Å²) >= 11 is 0. The fourth-order valence-corrected chi connectivity index (χ4v) is 15.6. The van der Waals surface area contributed by atoms with Crippen molar-refractivity contribution in [3.05, 3.63) is 276 Å². The molecule has 0 amide bonds. The zero-order chi connectivity index (χ0) is 46.2. The maximum Gasteiger partial charge on any atom is 0.0541 e. The molecular formula is C66H54N2S. The van der Waals surface area contributed by atoms with E-state index in [4.69, 9.17) is 0 Å². The van der Waals surface area contributed by atoms with E-state index in [1.165, 1.54) is 86.3 Å². The Labute approximate surface area is 407 Å². The van der Waals surface area contributed by atoms with Crippen LogP contribution in [0.1, 0.15) is 42.7 Å². The van der Waals surface area contributed by atoms with Crippen LogP contribution in [0.25, 0.3) is 66.0 Å². The van der Waals surface area contributed by atoms with Gasteiger partial charge in [0.2, 0.25) is 0 Å². The number of fused-ring (bicyclic) bond motifs is 6. The minimum absolute atomic E-state index is 0.124. The maximum absolute atomic E-state index is 4.24.